The second kappa shape index (κ2) is 9.62. The molecule has 4 aliphatic rings. The Hall–Kier alpha value is -0.0700. The van der Waals surface area contributed by atoms with Gasteiger partial charge in [-0.1, -0.05) is 0 Å². The van der Waals surface area contributed by atoms with Crippen LogP contribution in [0.25, 0.3) is 0 Å². The van der Waals surface area contributed by atoms with Crippen LogP contribution in [-0.4, -0.2) is 66.7 Å². The number of halogens is 2. The van der Waals surface area contributed by atoms with Gasteiger partial charge in [-0.3, -0.25) is 9.69 Å². The molecule has 27 heavy (non-hydrogen) atoms. The number of morpholine rings is 1. The first-order valence-electron chi connectivity index (χ1n) is 10.4. The Morgan fingerprint density at radius 3 is 2.15 bits per heavy atom. The largest absolute Gasteiger partial charge is 0.373 e. The normalized spacial score (nSPS) is 39.7. The van der Waals surface area contributed by atoms with Crippen LogP contribution >= 0.6 is 24.8 Å². The van der Waals surface area contributed by atoms with E-state index >= 15 is 0 Å². The molecular formula is C20H37Cl2N3O2. The van der Waals surface area contributed by atoms with E-state index in [1.54, 1.807) is 0 Å². The third kappa shape index (κ3) is 4.92. The highest BCUT2D eigenvalue weighted by Gasteiger charge is 2.50. The number of ether oxygens (including phenoxy) is 1. The average Bonchev–Trinajstić information content (AvgIpc) is 3.15. The SMILES string of the molecule is CC1CN(CC2CCN(C(=O)C3C4CCC(C4)C3N)CC2)CC(C)O1.Cl.Cl. The van der Waals surface area contributed by atoms with Crippen molar-refractivity contribution in [2.45, 2.75) is 64.2 Å². The Morgan fingerprint density at radius 1 is 1.00 bits per heavy atom. The molecule has 6 atom stereocenters. The van der Waals surface area contributed by atoms with E-state index in [9.17, 15) is 4.79 Å². The summed E-state index contributed by atoms with van der Waals surface area (Å²) in [6, 6.07) is 0.125. The number of hydrogen-bond acceptors (Lipinski definition) is 4. The second-order valence-electron chi connectivity index (χ2n) is 9.18. The maximum atomic E-state index is 13.0. The number of hydrogen-bond donors (Lipinski definition) is 1. The molecule has 2 N–H and O–H groups in total. The molecule has 2 aliphatic carbocycles. The van der Waals surface area contributed by atoms with Crippen LogP contribution in [0.5, 0.6) is 0 Å². The number of nitrogens with zero attached hydrogens (tertiary/aromatic N) is 2. The molecule has 2 saturated carbocycles. The number of carbonyl (C=O) groups excluding carboxylic acids is 1. The molecule has 1 amide bonds. The summed E-state index contributed by atoms with van der Waals surface area (Å²) in [5.74, 6) is 2.39. The maximum Gasteiger partial charge on any atom is 0.227 e. The van der Waals surface area contributed by atoms with E-state index in [0.717, 1.165) is 51.5 Å². The van der Waals surface area contributed by atoms with E-state index in [-0.39, 0.29) is 36.8 Å². The summed E-state index contributed by atoms with van der Waals surface area (Å²) in [6.45, 7) is 9.45. The van der Waals surface area contributed by atoms with Gasteiger partial charge in [-0.2, -0.15) is 0 Å². The molecule has 0 radical (unpaired) electrons. The highest BCUT2D eigenvalue weighted by Crippen LogP contribution is 2.48. The highest BCUT2D eigenvalue weighted by atomic mass is 35.5. The standard InChI is InChI=1S/C20H35N3O2.2ClH/c1-13-10-22(11-14(2)25-13)12-15-5-7-23(8-6-15)20(24)18-16-3-4-17(9-16)19(18)21;;/h13-19H,3-12,21H2,1-2H3;2*1H. The smallest absolute Gasteiger partial charge is 0.227 e. The summed E-state index contributed by atoms with van der Waals surface area (Å²) >= 11 is 0. The van der Waals surface area contributed by atoms with Crippen molar-refractivity contribution in [3.05, 3.63) is 0 Å². The quantitative estimate of drug-likeness (QED) is 0.760. The van der Waals surface area contributed by atoms with E-state index in [0.29, 0.717) is 30.0 Å². The Labute approximate surface area is 176 Å². The van der Waals surface area contributed by atoms with Gasteiger partial charge in [0.25, 0.3) is 0 Å². The third-order valence-corrected chi connectivity index (χ3v) is 7.20. The molecule has 2 saturated heterocycles. The molecule has 0 aromatic carbocycles. The number of piperidine rings is 1. The fourth-order valence-electron chi connectivity index (χ4n) is 6.05. The lowest BCUT2D eigenvalue weighted by Crippen LogP contribution is -2.51. The van der Waals surface area contributed by atoms with Crippen LogP contribution in [-0.2, 0) is 9.53 Å². The lowest BCUT2D eigenvalue weighted by Gasteiger charge is -2.40. The zero-order chi connectivity index (χ0) is 17.6. The van der Waals surface area contributed by atoms with Crippen LogP contribution in [0.3, 0.4) is 0 Å². The second-order valence-corrected chi connectivity index (χ2v) is 9.18. The summed E-state index contributed by atoms with van der Waals surface area (Å²) in [6.07, 6.45) is 6.62. The Bertz CT molecular complexity index is 490. The summed E-state index contributed by atoms with van der Waals surface area (Å²) in [5.41, 5.74) is 6.38. The molecule has 4 rings (SSSR count). The van der Waals surface area contributed by atoms with Gasteiger partial charge in [0.2, 0.25) is 5.91 Å². The molecule has 5 nitrogen and oxygen atoms in total. The van der Waals surface area contributed by atoms with Gasteiger partial charge in [0, 0.05) is 38.8 Å². The van der Waals surface area contributed by atoms with E-state index in [1.165, 1.54) is 19.3 Å². The fraction of sp³-hybridized carbons (Fsp3) is 0.950. The third-order valence-electron chi connectivity index (χ3n) is 7.20. The molecule has 0 aromatic heterocycles. The van der Waals surface area contributed by atoms with Gasteiger partial charge in [-0.15, -0.1) is 24.8 Å². The van der Waals surface area contributed by atoms with Crippen molar-refractivity contribution in [1.82, 2.24) is 9.80 Å². The molecule has 4 fully saturated rings. The first-order valence-corrected chi connectivity index (χ1v) is 10.4. The Morgan fingerprint density at radius 2 is 1.59 bits per heavy atom. The lowest BCUT2D eigenvalue weighted by molar-refractivity contribution is -0.139. The molecule has 2 bridgehead atoms. The van der Waals surface area contributed by atoms with Crippen molar-refractivity contribution in [1.29, 1.82) is 0 Å². The molecule has 2 aliphatic heterocycles. The van der Waals surface area contributed by atoms with Crippen molar-refractivity contribution in [2.24, 2.45) is 29.4 Å². The molecule has 6 unspecified atom stereocenters. The molecular weight excluding hydrogens is 385 g/mol. The van der Waals surface area contributed by atoms with E-state index in [1.807, 2.05) is 0 Å². The summed E-state index contributed by atoms with van der Waals surface area (Å²) in [7, 11) is 0. The summed E-state index contributed by atoms with van der Waals surface area (Å²) in [4.78, 5) is 17.7. The summed E-state index contributed by atoms with van der Waals surface area (Å²) in [5, 5.41) is 0. The zero-order valence-electron chi connectivity index (χ0n) is 16.7. The first-order chi connectivity index (χ1) is 12.0. The Balaban J connectivity index is 0.00000131. The van der Waals surface area contributed by atoms with Crippen molar-refractivity contribution in [2.75, 3.05) is 32.7 Å². The van der Waals surface area contributed by atoms with Crippen LogP contribution in [0.4, 0.5) is 0 Å². The topological polar surface area (TPSA) is 58.8 Å². The summed E-state index contributed by atoms with van der Waals surface area (Å²) < 4.78 is 5.84. The number of amides is 1. The molecule has 158 valence electrons. The van der Waals surface area contributed by atoms with E-state index in [4.69, 9.17) is 10.5 Å². The molecule has 0 spiro atoms. The van der Waals surface area contributed by atoms with Crippen LogP contribution in [0.15, 0.2) is 0 Å². The predicted octanol–water partition coefficient (Wildman–Crippen LogP) is 2.55. The number of likely N-dealkylation sites (tertiary alicyclic amines) is 1. The van der Waals surface area contributed by atoms with Crippen molar-refractivity contribution < 1.29 is 9.53 Å². The minimum absolute atomic E-state index is 0. The van der Waals surface area contributed by atoms with Gasteiger partial charge < -0.3 is 15.4 Å². The number of fused-ring (bicyclic) bond motifs is 2. The maximum absolute atomic E-state index is 13.0. The minimum atomic E-state index is 0. The van der Waals surface area contributed by atoms with E-state index < -0.39 is 0 Å². The van der Waals surface area contributed by atoms with Gasteiger partial charge in [-0.05, 0) is 63.7 Å². The van der Waals surface area contributed by atoms with Gasteiger partial charge >= 0.3 is 0 Å². The van der Waals surface area contributed by atoms with Crippen LogP contribution < -0.4 is 5.73 Å². The molecule has 7 heteroatoms. The van der Waals surface area contributed by atoms with Crippen LogP contribution in [0.1, 0.15) is 46.0 Å². The first kappa shape index (κ1) is 23.2. The van der Waals surface area contributed by atoms with Crippen molar-refractivity contribution >= 4 is 30.7 Å². The molecule has 2 heterocycles. The predicted molar refractivity (Wildman–Crippen MR) is 113 cm³/mol. The van der Waals surface area contributed by atoms with Gasteiger partial charge in [-0.25, -0.2) is 0 Å². The lowest BCUT2D eigenvalue weighted by atomic mass is 9.83. The highest BCUT2D eigenvalue weighted by molar-refractivity contribution is 5.85. The van der Waals surface area contributed by atoms with Crippen LogP contribution in [0, 0.1) is 23.7 Å². The van der Waals surface area contributed by atoms with Crippen molar-refractivity contribution in [3.8, 4) is 0 Å². The minimum Gasteiger partial charge on any atom is -0.373 e. The van der Waals surface area contributed by atoms with E-state index in [2.05, 4.69) is 23.6 Å². The fourth-order valence-corrected chi connectivity index (χ4v) is 6.05. The van der Waals surface area contributed by atoms with Gasteiger partial charge in [0.15, 0.2) is 0 Å². The van der Waals surface area contributed by atoms with Crippen molar-refractivity contribution in [3.63, 3.8) is 0 Å². The van der Waals surface area contributed by atoms with Gasteiger partial charge in [0.05, 0.1) is 18.1 Å². The Kier molecular flexibility index (Phi) is 8.27. The van der Waals surface area contributed by atoms with Gasteiger partial charge in [0.1, 0.15) is 0 Å². The van der Waals surface area contributed by atoms with Crippen LogP contribution in [0.2, 0.25) is 0 Å². The zero-order valence-corrected chi connectivity index (χ0v) is 18.4. The number of rotatable bonds is 3. The number of carbonyl (C=O) groups is 1. The average molecular weight is 422 g/mol. The number of nitrogens with two attached hydrogens (primary N) is 1. The molecule has 0 aromatic rings. The monoisotopic (exact) mass is 421 g/mol.